The summed E-state index contributed by atoms with van der Waals surface area (Å²) < 4.78 is 11.3. The molecule has 0 unspecified atom stereocenters. The Balaban J connectivity index is 0.000000367. The summed E-state index contributed by atoms with van der Waals surface area (Å²) in [7, 11) is 1.71. The van der Waals surface area contributed by atoms with Gasteiger partial charge in [-0.15, -0.1) is 0 Å². The van der Waals surface area contributed by atoms with Gasteiger partial charge in [-0.25, -0.2) is 0 Å². The number of rotatable bonds is 13. The van der Waals surface area contributed by atoms with Gasteiger partial charge in [-0.2, -0.15) is 0 Å². The number of hydrogen-bond acceptors (Lipinski definition) is 5. The topological polar surface area (TPSA) is 51.7 Å². The van der Waals surface area contributed by atoms with Gasteiger partial charge in [-0.05, 0) is 50.3 Å². The van der Waals surface area contributed by atoms with Gasteiger partial charge in [0.15, 0.2) is 5.75 Å². The molecular weight excluding hydrogens is 436 g/mol. The van der Waals surface area contributed by atoms with Gasteiger partial charge in [0.25, 0.3) is 0 Å². The standard InChI is InChI=1S/C21H30N2O2.C9H18O/c1-4-6-16(7-5-2)10-11-23-12-13-25-20-15-22-19-9-8-17(24-3)14-18(19)21(20)23;1-4-6-9(7-5-2)8(3)10/h8-9,14-16H,4-7,10-13H2,1-3H3;9H,4-7H2,1-3H3. The molecule has 0 spiro atoms. The number of anilines is 1. The molecule has 0 saturated carbocycles. The molecule has 1 aromatic heterocycles. The molecular formula is C30H48N2O3. The minimum atomic E-state index is 0.343. The molecule has 5 nitrogen and oxygen atoms in total. The van der Waals surface area contributed by atoms with Crippen molar-refractivity contribution in [3.05, 3.63) is 24.4 Å². The molecule has 0 radical (unpaired) electrons. The van der Waals surface area contributed by atoms with Crippen molar-refractivity contribution in [3.8, 4) is 11.5 Å². The van der Waals surface area contributed by atoms with Gasteiger partial charge in [0, 0.05) is 17.8 Å². The summed E-state index contributed by atoms with van der Waals surface area (Å²) in [4.78, 5) is 18.0. The molecule has 196 valence electrons. The van der Waals surface area contributed by atoms with E-state index in [0.29, 0.717) is 11.7 Å². The number of benzene rings is 1. The Kier molecular flexibility index (Phi) is 12.9. The summed E-state index contributed by atoms with van der Waals surface area (Å²) in [5.74, 6) is 3.29. The quantitative estimate of drug-likeness (QED) is 0.290. The van der Waals surface area contributed by atoms with Crippen LogP contribution in [0.1, 0.15) is 92.4 Å². The highest BCUT2D eigenvalue weighted by atomic mass is 16.5. The van der Waals surface area contributed by atoms with E-state index in [0.717, 1.165) is 73.7 Å². The summed E-state index contributed by atoms with van der Waals surface area (Å²) in [6, 6.07) is 6.07. The molecule has 2 aromatic rings. The van der Waals surface area contributed by atoms with E-state index in [4.69, 9.17) is 9.47 Å². The number of aromatic nitrogens is 1. The Labute approximate surface area is 213 Å². The molecule has 0 atom stereocenters. The van der Waals surface area contributed by atoms with Crippen LogP contribution in [-0.4, -0.2) is 37.6 Å². The van der Waals surface area contributed by atoms with Crippen LogP contribution in [0.3, 0.4) is 0 Å². The van der Waals surface area contributed by atoms with E-state index in [-0.39, 0.29) is 0 Å². The summed E-state index contributed by atoms with van der Waals surface area (Å²) in [6.45, 7) is 13.3. The Bertz CT molecular complexity index is 881. The van der Waals surface area contributed by atoms with Gasteiger partial charge in [0.05, 0.1) is 31.1 Å². The Hall–Kier alpha value is -2.30. The lowest BCUT2D eigenvalue weighted by Gasteiger charge is -2.33. The smallest absolute Gasteiger partial charge is 0.161 e. The van der Waals surface area contributed by atoms with Crippen molar-refractivity contribution in [2.75, 3.05) is 31.7 Å². The third-order valence-electron chi connectivity index (χ3n) is 7.00. The van der Waals surface area contributed by atoms with Gasteiger partial charge in [0.2, 0.25) is 0 Å². The summed E-state index contributed by atoms with van der Waals surface area (Å²) in [5, 5.41) is 1.12. The maximum absolute atomic E-state index is 10.9. The predicted molar refractivity (Wildman–Crippen MR) is 148 cm³/mol. The first-order chi connectivity index (χ1) is 17.0. The van der Waals surface area contributed by atoms with Gasteiger partial charge >= 0.3 is 0 Å². The molecule has 1 aromatic carbocycles. The molecule has 2 heterocycles. The van der Waals surface area contributed by atoms with E-state index in [1.165, 1.54) is 37.8 Å². The fraction of sp³-hybridized carbons (Fsp3) is 0.667. The fourth-order valence-corrected chi connectivity index (χ4v) is 5.14. The van der Waals surface area contributed by atoms with Crippen molar-refractivity contribution in [1.82, 2.24) is 4.98 Å². The SMILES string of the molecule is CCCC(CCC)C(C)=O.CCCC(CCC)CCN1CCOc2cnc3ccc(OC)cc3c21. The van der Waals surface area contributed by atoms with Gasteiger partial charge < -0.3 is 14.4 Å². The molecule has 0 bridgehead atoms. The monoisotopic (exact) mass is 484 g/mol. The van der Waals surface area contributed by atoms with Crippen LogP contribution in [0.15, 0.2) is 24.4 Å². The lowest BCUT2D eigenvalue weighted by Crippen LogP contribution is -2.34. The van der Waals surface area contributed by atoms with Gasteiger partial charge in [-0.3, -0.25) is 9.78 Å². The van der Waals surface area contributed by atoms with Crippen molar-refractivity contribution < 1.29 is 14.3 Å². The summed E-state index contributed by atoms with van der Waals surface area (Å²) in [5.41, 5.74) is 2.18. The van der Waals surface area contributed by atoms with Crippen molar-refractivity contribution in [1.29, 1.82) is 0 Å². The van der Waals surface area contributed by atoms with Crippen molar-refractivity contribution in [2.24, 2.45) is 11.8 Å². The zero-order chi connectivity index (χ0) is 25.6. The molecule has 1 aliphatic heterocycles. The lowest BCUT2D eigenvalue weighted by molar-refractivity contribution is -0.121. The van der Waals surface area contributed by atoms with E-state index in [1.54, 1.807) is 14.0 Å². The van der Waals surface area contributed by atoms with E-state index in [2.05, 4.69) is 43.6 Å². The number of ketones is 1. The van der Waals surface area contributed by atoms with E-state index >= 15 is 0 Å². The number of fused-ring (bicyclic) bond motifs is 3. The molecule has 3 rings (SSSR count). The number of methoxy groups -OCH3 is 1. The number of Topliss-reactive ketones (excluding diaryl/α,β-unsaturated/α-hetero) is 1. The second kappa shape index (κ2) is 15.6. The lowest BCUT2D eigenvalue weighted by atomic mass is 9.94. The largest absolute Gasteiger partial charge is 0.497 e. The number of carbonyl (C=O) groups is 1. The Morgan fingerprint density at radius 2 is 1.69 bits per heavy atom. The van der Waals surface area contributed by atoms with Crippen LogP contribution >= 0.6 is 0 Å². The highest BCUT2D eigenvalue weighted by Crippen LogP contribution is 2.39. The summed E-state index contributed by atoms with van der Waals surface area (Å²) >= 11 is 0. The first-order valence-electron chi connectivity index (χ1n) is 13.8. The van der Waals surface area contributed by atoms with Crippen LogP contribution in [0.4, 0.5) is 5.69 Å². The highest BCUT2D eigenvalue weighted by molar-refractivity contribution is 5.96. The van der Waals surface area contributed by atoms with E-state index in [9.17, 15) is 4.79 Å². The van der Waals surface area contributed by atoms with E-state index in [1.807, 2.05) is 18.3 Å². The highest BCUT2D eigenvalue weighted by Gasteiger charge is 2.22. The van der Waals surface area contributed by atoms with Gasteiger partial charge in [0.1, 0.15) is 18.1 Å². The third kappa shape index (κ3) is 8.70. The van der Waals surface area contributed by atoms with Crippen LogP contribution in [0.25, 0.3) is 10.9 Å². The van der Waals surface area contributed by atoms with Crippen LogP contribution in [0.2, 0.25) is 0 Å². The van der Waals surface area contributed by atoms with Crippen LogP contribution in [0, 0.1) is 11.8 Å². The number of carbonyl (C=O) groups excluding carboxylic acids is 1. The Morgan fingerprint density at radius 1 is 1.03 bits per heavy atom. The molecule has 0 aliphatic carbocycles. The minimum Gasteiger partial charge on any atom is -0.497 e. The molecule has 0 fully saturated rings. The maximum Gasteiger partial charge on any atom is 0.161 e. The minimum absolute atomic E-state index is 0.343. The third-order valence-corrected chi connectivity index (χ3v) is 7.00. The average Bonchev–Trinajstić information content (AvgIpc) is 2.87. The van der Waals surface area contributed by atoms with Gasteiger partial charge in [-0.1, -0.05) is 66.2 Å². The number of ether oxygens (including phenoxy) is 2. The molecule has 0 saturated heterocycles. The Morgan fingerprint density at radius 3 is 2.26 bits per heavy atom. The number of pyridine rings is 1. The molecule has 5 heteroatoms. The molecule has 0 N–H and O–H groups in total. The molecule has 35 heavy (non-hydrogen) atoms. The fourth-order valence-electron chi connectivity index (χ4n) is 5.14. The predicted octanol–water partition coefficient (Wildman–Crippen LogP) is 7.84. The van der Waals surface area contributed by atoms with Crippen LogP contribution in [-0.2, 0) is 4.79 Å². The van der Waals surface area contributed by atoms with Crippen LogP contribution < -0.4 is 14.4 Å². The first kappa shape index (κ1) is 28.9. The average molecular weight is 485 g/mol. The molecule has 1 aliphatic rings. The van der Waals surface area contributed by atoms with E-state index < -0.39 is 0 Å². The second-order valence-electron chi connectivity index (χ2n) is 9.81. The zero-order valence-corrected chi connectivity index (χ0v) is 23.1. The van der Waals surface area contributed by atoms with Crippen molar-refractivity contribution >= 4 is 22.4 Å². The van der Waals surface area contributed by atoms with Crippen molar-refractivity contribution in [2.45, 2.75) is 92.4 Å². The normalized spacial score (nSPS) is 12.9. The van der Waals surface area contributed by atoms with Crippen LogP contribution in [0.5, 0.6) is 11.5 Å². The summed E-state index contributed by atoms with van der Waals surface area (Å²) in [6.07, 6.45) is 12.7. The van der Waals surface area contributed by atoms with Crippen molar-refractivity contribution in [3.63, 3.8) is 0 Å². The first-order valence-corrected chi connectivity index (χ1v) is 13.8. The molecule has 0 amide bonds. The number of nitrogens with zero attached hydrogens (tertiary/aromatic N) is 2. The number of hydrogen-bond donors (Lipinski definition) is 0. The zero-order valence-electron chi connectivity index (χ0n) is 23.1. The maximum atomic E-state index is 10.9. The second-order valence-corrected chi connectivity index (χ2v) is 9.81.